The van der Waals surface area contributed by atoms with Gasteiger partial charge in [-0.1, -0.05) is 12.1 Å². The average molecular weight is 689 g/mol. The lowest BCUT2D eigenvalue weighted by Gasteiger charge is -2.28. The third-order valence-corrected chi connectivity index (χ3v) is 8.59. The van der Waals surface area contributed by atoms with Crippen LogP contribution in [0.5, 0.6) is 0 Å². The van der Waals surface area contributed by atoms with Gasteiger partial charge in [-0.2, -0.15) is 0 Å². The molecule has 0 bridgehead atoms. The normalized spacial score (nSPS) is 18.2. The van der Waals surface area contributed by atoms with Gasteiger partial charge in [-0.25, -0.2) is 9.59 Å². The second-order valence-electron chi connectivity index (χ2n) is 14.5. The van der Waals surface area contributed by atoms with Crippen molar-refractivity contribution in [3.63, 3.8) is 0 Å². The molecule has 50 heavy (non-hydrogen) atoms. The second kappa shape index (κ2) is 13.2. The summed E-state index contributed by atoms with van der Waals surface area (Å²) in [5, 5.41) is 0. The van der Waals surface area contributed by atoms with E-state index in [1.807, 2.05) is 0 Å². The lowest BCUT2D eigenvalue weighted by Crippen LogP contribution is -2.47. The summed E-state index contributed by atoms with van der Waals surface area (Å²) >= 11 is 0. The monoisotopic (exact) mass is 688 g/mol. The third kappa shape index (κ3) is 7.03. The summed E-state index contributed by atoms with van der Waals surface area (Å²) < 4.78 is 10.6. The summed E-state index contributed by atoms with van der Waals surface area (Å²) in [5.41, 5.74) is -2.16. The number of carbonyl (C=O) groups is 9. The molecule has 2 aromatic rings. The predicted octanol–water partition coefficient (Wildman–Crippen LogP) is 4.56. The first-order chi connectivity index (χ1) is 23.0. The molecule has 0 saturated carbocycles. The number of amides is 2. The summed E-state index contributed by atoms with van der Waals surface area (Å²) in [5.74, 6) is -8.88. The van der Waals surface area contributed by atoms with Crippen LogP contribution in [0.4, 0.5) is 9.59 Å². The minimum atomic E-state index is -1.72. The topological polar surface area (TPSA) is 179 Å². The number of nitrogens with zero attached hydrogens (tertiary/aromatic N) is 2. The molecule has 13 nitrogen and oxygen atoms in total. The Labute approximate surface area is 289 Å². The molecule has 2 unspecified atom stereocenters. The highest BCUT2D eigenvalue weighted by Gasteiger charge is 2.48. The van der Waals surface area contributed by atoms with Crippen molar-refractivity contribution in [2.75, 3.05) is 14.1 Å². The highest BCUT2D eigenvalue weighted by atomic mass is 16.6. The number of Topliss-reactive ketones (excluding diaryl/α,β-unsaturated/α-hetero) is 6. The molecule has 2 aromatic carbocycles. The van der Waals surface area contributed by atoms with Crippen LogP contribution in [0.25, 0.3) is 0 Å². The zero-order valence-corrected chi connectivity index (χ0v) is 29.7. The Morgan fingerprint density at radius 1 is 0.560 bits per heavy atom. The number of hydrogen-bond acceptors (Lipinski definition) is 11. The number of fused-ring (bicyclic) bond motifs is 2. The Kier molecular flexibility index (Phi) is 9.88. The van der Waals surface area contributed by atoms with Gasteiger partial charge in [0.25, 0.3) is 0 Å². The van der Waals surface area contributed by atoms with E-state index < -0.39 is 87.8 Å². The molecule has 2 aliphatic rings. The van der Waals surface area contributed by atoms with Crippen LogP contribution >= 0.6 is 0 Å². The number of rotatable bonds is 8. The first-order valence-corrected chi connectivity index (χ1v) is 16.0. The molecule has 0 fully saturated rings. The van der Waals surface area contributed by atoms with Crippen molar-refractivity contribution in [1.29, 1.82) is 0 Å². The third-order valence-electron chi connectivity index (χ3n) is 8.59. The highest BCUT2D eigenvalue weighted by Crippen LogP contribution is 2.33. The molecule has 2 amide bonds. The summed E-state index contributed by atoms with van der Waals surface area (Å²) in [7, 11) is 2.64. The zero-order chi connectivity index (χ0) is 37.8. The lowest BCUT2D eigenvalue weighted by atomic mass is 9.93. The lowest BCUT2D eigenvalue weighted by molar-refractivity contribution is -0.125. The Morgan fingerprint density at radius 2 is 0.860 bits per heavy atom. The van der Waals surface area contributed by atoms with E-state index in [9.17, 15) is 43.2 Å². The van der Waals surface area contributed by atoms with E-state index in [-0.39, 0.29) is 33.4 Å². The summed E-state index contributed by atoms with van der Waals surface area (Å²) in [6.45, 7) is 12.7. The smallest absolute Gasteiger partial charge is 0.410 e. The molecule has 0 aliphatic heterocycles. The van der Waals surface area contributed by atoms with Crippen molar-refractivity contribution in [2.45, 2.75) is 78.7 Å². The Bertz CT molecular complexity index is 1740. The second-order valence-corrected chi connectivity index (χ2v) is 14.5. The summed E-state index contributed by atoms with van der Waals surface area (Å²) in [6.07, 6.45) is -1.62. The number of carbonyl (C=O) groups excluding carboxylic acids is 9. The fourth-order valence-corrected chi connectivity index (χ4v) is 5.60. The van der Waals surface area contributed by atoms with E-state index in [0.717, 1.165) is 9.80 Å². The van der Waals surface area contributed by atoms with E-state index in [0.29, 0.717) is 0 Å². The van der Waals surface area contributed by atoms with Crippen LogP contribution in [0.2, 0.25) is 0 Å². The van der Waals surface area contributed by atoms with Crippen molar-refractivity contribution in [1.82, 2.24) is 9.80 Å². The van der Waals surface area contributed by atoms with Gasteiger partial charge in [-0.3, -0.25) is 33.6 Å². The molecular weight excluding hydrogens is 648 g/mol. The number of ether oxygens (including phenoxy) is 2. The maximum Gasteiger partial charge on any atom is 0.410 e. The summed E-state index contributed by atoms with van der Waals surface area (Å²) in [6, 6.07) is 5.15. The summed E-state index contributed by atoms with van der Waals surface area (Å²) in [4.78, 5) is 120. The van der Waals surface area contributed by atoms with Gasteiger partial charge >= 0.3 is 12.2 Å². The van der Waals surface area contributed by atoms with Crippen LogP contribution < -0.4 is 0 Å². The first kappa shape index (κ1) is 37.5. The number of likely N-dealkylation sites (N-methyl/N-ethyl adjacent to an activating group) is 2. The van der Waals surface area contributed by atoms with Crippen LogP contribution in [0, 0.1) is 11.8 Å². The average Bonchev–Trinajstić information content (AvgIpc) is 3.43. The molecule has 13 heteroatoms. The number of benzene rings is 2. The fourth-order valence-electron chi connectivity index (χ4n) is 5.60. The van der Waals surface area contributed by atoms with Crippen molar-refractivity contribution < 1.29 is 52.6 Å². The molecule has 0 radical (unpaired) electrons. The van der Waals surface area contributed by atoms with Crippen LogP contribution in [-0.4, -0.2) is 99.9 Å². The largest absolute Gasteiger partial charge is 0.444 e. The standard InChI is InChI=1S/C37H40N2O11/c1-17(38(9)34(47)49-36(3,4)5)27(40)25-30(43)21-13-11-19(15-23(21)32(25)45)29(42)20-12-14-22-24(16-20)33(46)26(31(22)44)28(41)18(2)39(10)35(48)50-37(6,7)8/h11-18,25-26H,1-10H3/t17-,18-,25?,26?/m0/s1. The molecule has 0 spiro atoms. The predicted molar refractivity (Wildman–Crippen MR) is 178 cm³/mol. The van der Waals surface area contributed by atoms with E-state index >= 15 is 0 Å². The molecule has 0 heterocycles. The van der Waals surface area contributed by atoms with E-state index in [2.05, 4.69) is 0 Å². The van der Waals surface area contributed by atoms with E-state index in [1.165, 1.54) is 64.3 Å². The Morgan fingerprint density at radius 3 is 1.16 bits per heavy atom. The van der Waals surface area contributed by atoms with Gasteiger partial charge in [-0.05, 0) is 79.7 Å². The van der Waals surface area contributed by atoms with Crippen LogP contribution in [0.1, 0.15) is 113 Å². The van der Waals surface area contributed by atoms with Crippen LogP contribution in [-0.2, 0) is 19.1 Å². The van der Waals surface area contributed by atoms with E-state index in [1.54, 1.807) is 41.5 Å². The molecule has 0 aromatic heterocycles. The molecule has 264 valence electrons. The van der Waals surface area contributed by atoms with Gasteiger partial charge in [-0.15, -0.1) is 0 Å². The van der Waals surface area contributed by atoms with Crippen molar-refractivity contribution in [3.8, 4) is 0 Å². The molecule has 0 saturated heterocycles. The minimum absolute atomic E-state index is 0.0334. The van der Waals surface area contributed by atoms with Crippen LogP contribution in [0.15, 0.2) is 36.4 Å². The van der Waals surface area contributed by atoms with Gasteiger partial charge in [0.05, 0.1) is 12.1 Å². The number of hydrogen-bond donors (Lipinski definition) is 0. The quantitative estimate of drug-likeness (QED) is 0.280. The van der Waals surface area contributed by atoms with Gasteiger partial charge in [0.15, 0.2) is 40.5 Å². The maximum absolute atomic E-state index is 13.6. The molecule has 2 aliphatic carbocycles. The van der Waals surface area contributed by atoms with Crippen molar-refractivity contribution in [2.24, 2.45) is 11.8 Å². The van der Waals surface area contributed by atoms with Crippen molar-refractivity contribution in [3.05, 3.63) is 69.8 Å². The molecular formula is C37H40N2O11. The van der Waals surface area contributed by atoms with Crippen molar-refractivity contribution >= 4 is 52.7 Å². The zero-order valence-electron chi connectivity index (χ0n) is 29.7. The highest BCUT2D eigenvalue weighted by molar-refractivity contribution is 6.37. The number of ketones is 7. The van der Waals surface area contributed by atoms with Gasteiger partial charge in [0.2, 0.25) is 0 Å². The molecule has 0 N–H and O–H groups in total. The fraction of sp³-hybridized carbons (Fsp3) is 0.432. The maximum atomic E-state index is 13.6. The Balaban J connectivity index is 1.54. The Hall–Kier alpha value is -5.33. The SMILES string of the molecule is C[C@@H](C(=O)C1C(=O)c2ccc(C(=O)c3ccc4c(c3)C(=O)C(C(=O)[C@H](C)N(C)C(=O)OC(C)(C)C)C4=O)cc2C1=O)N(C)C(=O)OC(C)(C)C. The van der Waals surface area contributed by atoms with Gasteiger partial charge in [0, 0.05) is 47.5 Å². The van der Waals surface area contributed by atoms with Crippen LogP contribution in [0.3, 0.4) is 0 Å². The van der Waals surface area contributed by atoms with Gasteiger partial charge < -0.3 is 19.3 Å². The van der Waals surface area contributed by atoms with E-state index in [4.69, 9.17) is 9.47 Å². The molecule has 4 rings (SSSR count). The minimum Gasteiger partial charge on any atom is -0.444 e. The first-order valence-electron chi connectivity index (χ1n) is 16.0. The molecule has 4 atom stereocenters. The van der Waals surface area contributed by atoms with Gasteiger partial charge in [0.1, 0.15) is 23.0 Å².